The van der Waals surface area contributed by atoms with Crippen LogP contribution in [0.3, 0.4) is 0 Å². The Morgan fingerprint density at radius 2 is 2.06 bits per heavy atom. The number of para-hydroxylation sites is 1. The van der Waals surface area contributed by atoms with Gasteiger partial charge in [0.05, 0.1) is 5.56 Å². The zero-order chi connectivity index (χ0) is 13.7. The van der Waals surface area contributed by atoms with Crippen LogP contribution in [0, 0.1) is 5.41 Å². The third kappa shape index (κ3) is 3.48. The van der Waals surface area contributed by atoms with Crippen LogP contribution in [0.1, 0.15) is 10.4 Å². The first-order valence-corrected chi connectivity index (χ1v) is 5.11. The lowest BCUT2D eigenvalue weighted by molar-refractivity contribution is 0.0974. The lowest BCUT2D eigenvalue weighted by atomic mass is 10.2. The Morgan fingerprint density at radius 3 is 2.61 bits per heavy atom. The van der Waals surface area contributed by atoms with Gasteiger partial charge in [0.2, 0.25) is 11.9 Å². The number of phenolic OH excluding ortho intramolecular Hbond substituents is 1. The van der Waals surface area contributed by atoms with Gasteiger partial charge < -0.3 is 15.7 Å². The van der Waals surface area contributed by atoms with Gasteiger partial charge in [-0.1, -0.05) is 12.1 Å². The normalized spacial score (nSPS) is 10.9. The first-order chi connectivity index (χ1) is 8.41. The molecule has 0 unspecified atom stereocenters. The topological polar surface area (TPSA) is 115 Å². The molecule has 0 radical (unpaired) electrons. The molecule has 0 aliphatic rings. The number of hydrogen-bond donors (Lipinski definition) is 4. The van der Waals surface area contributed by atoms with Crippen LogP contribution in [0.25, 0.3) is 0 Å². The van der Waals surface area contributed by atoms with Gasteiger partial charge in [0.1, 0.15) is 5.75 Å². The first kappa shape index (κ1) is 13.5. The SMILES string of the molecule is CN(C)C(=N)/N=C(\N)NC(=O)c1ccccc1O. The molecule has 0 aliphatic carbocycles. The minimum atomic E-state index is -0.582. The van der Waals surface area contributed by atoms with E-state index >= 15 is 0 Å². The number of nitrogens with two attached hydrogens (primary N) is 1. The van der Waals surface area contributed by atoms with Crippen molar-refractivity contribution in [1.29, 1.82) is 5.41 Å². The molecule has 0 spiro atoms. The van der Waals surface area contributed by atoms with Crippen LogP contribution in [-0.4, -0.2) is 41.9 Å². The summed E-state index contributed by atoms with van der Waals surface area (Å²) in [5, 5.41) is 19.2. The predicted molar refractivity (Wildman–Crippen MR) is 68.6 cm³/mol. The van der Waals surface area contributed by atoms with Crippen molar-refractivity contribution in [3.8, 4) is 5.75 Å². The van der Waals surface area contributed by atoms with Gasteiger partial charge in [-0.05, 0) is 12.1 Å². The summed E-state index contributed by atoms with van der Waals surface area (Å²) in [6.07, 6.45) is 0. The fraction of sp³-hybridized carbons (Fsp3) is 0.182. The van der Waals surface area contributed by atoms with E-state index in [0.29, 0.717) is 0 Å². The lowest BCUT2D eigenvalue weighted by Crippen LogP contribution is -2.38. The van der Waals surface area contributed by atoms with Crippen molar-refractivity contribution < 1.29 is 9.90 Å². The molecule has 1 rings (SSSR count). The van der Waals surface area contributed by atoms with Crippen molar-refractivity contribution in [2.24, 2.45) is 10.7 Å². The van der Waals surface area contributed by atoms with Gasteiger partial charge in [-0.15, -0.1) is 0 Å². The molecule has 0 aromatic heterocycles. The Hall–Kier alpha value is -2.57. The van der Waals surface area contributed by atoms with E-state index in [1.54, 1.807) is 26.2 Å². The molecule has 1 amide bonds. The summed E-state index contributed by atoms with van der Waals surface area (Å²) in [7, 11) is 3.26. The maximum Gasteiger partial charge on any atom is 0.261 e. The zero-order valence-electron chi connectivity index (χ0n) is 10.1. The Balaban J connectivity index is 2.77. The Labute approximate surface area is 104 Å². The molecule has 7 heteroatoms. The average molecular weight is 249 g/mol. The van der Waals surface area contributed by atoms with E-state index in [1.807, 2.05) is 0 Å². The number of phenols is 1. The van der Waals surface area contributed by atoms with E-state index in [4.69, 9.17) is 11.1 Å². The molecular weight excluding hydrogens is 234 g/mol. The van der Waals surface area contributed by atoms with E-state index in [9.17, 15) is 9.90 Å². The van der Waals surface area contributed by atoms with Gasteiger partial charge in [-0.3, -0.25) is 15.5 Å². The Kier molecular flexibility index (Phi) is 4.25. The van der Waals surface area contributed by atoms with E-state index in [2.05, 4.69) is 10.3 Å². The number of hydrogen-bond acceptors (Lipinski definition) is 3. The van der Waals surface area contributed by atoms with E-state index in [0.717, 1.165) is 0 Å². The molecule has 0 saturated heterocycles. The fourth-order valence-electron chi connectivity index (χ4n) is 1.09. The molecular formula is C11H15N5O2. The minimum absolute atomic E-state index is 0.0898. The van der Waals surface area contributed by atoms with Gasteiger partial charge in [0.25, 0.3) is 5.91 Å². The number of aliphatic imine (C=N–C) groups is 1. The highest BCUT2D eigenvalue weighted by Gasteiger charge is 2.11. The summed E-state index contributed by atoms with van der Waals surface area (Å²) < 4.78 is 0. The summed E-state index contributed by atoms with van der Waals surface area (Å²) in [6, 6.07) is 6.06. The number of aromatic hydroxyl groups is 1. The molecule has 0 atom stereocenters. The van der Waals surface area contributed by atoms with Crippen LogP contribution in [0.15, 0.2) is 29.3 Å². The molecule has 0 bridgehead atoms. The quantitative estimate of drug-likeness (QED) is 0.412. The molecule has 18 heavy (non-hydrogen) atoms. The molecule has 96 valence electrons. The van der Waals surface area contributed by atoms with Gasteiger partial charge in [0.15, 0.2) is 0 Å². The fourth-order valence-corrected chi connectivity index (χ4v) is 1.09. The molecule has 1 aromatic rings. The van der Waals surface area contributed by atoms with Crippen LogP contribution in [0.2, 0.25) is 0 Å². The van der Waals surface area contributed by atoms with Crippen molar-refractivity contribution >= 4 is 17.8 Å². The monoisotopic (exact) mass is 249 g/mol. The van der Waals surface area contributed by atoms with Crippen LogP contribution in [-0.2, 0) is 0 Å². The van der Waals surface area contributed by atoms with Crippen LogP contribution in [0.5, 0.6) is 5.75 Å². The van der Waals surface area contributed by atoms with E-state index < -0.39 is 5.91 Å². The van der Waals surface area contributed by atoms with Gasteiger partial charge in [-0.2, -0.15) is 4.99 Å². The van der Waals surface area contributed by atoms with Crippen molar-refractivity contribution in [3.63, 3.8) is 0 Å². The third-order valence-electron chi connectivity index (χ3n) is 2.04. The molecule has 0 saturated carbocycles. The van der Waals surface area contributed by atoms with Gasteiger partial charge >= 0.3 is 0 Å². The summed E-state index contributed by atoms with van der Waals surface area (Å²) in [5.41, 5.74) is 5.56. The zero-order valence-corrected chi connectivity index (χ0v) is 10.1. The highest BCUT2D eigenvalue weighted by molar-refractivity contribution is 6.08. The smallest absolute Gasteiger partial charge is 0.261 e. The van der Waals surface area contributed by atoms with Crippen LogP contribution >= 0.6 is 0 Å². The highest BCUT2D eigenvalue weighted by Crippen LogP contribution is 2.14. The van der Waals surface area contributed by atoms with E-state index in [1.165, 1.54) is 17.0 Å². The van der Waals surface area contributed by atoms with Crippen LogP contribution < -0.4 is 11.1 Å². The molecule has 0 heterocycles. The van der Waals surface area contributed by atoms with Crippen molar-refractivity contribution in [2.75, 3.05) is 14.1 Å². The van der Waals surface area contributed by atoms with Crippen molar-refractivity contribution in [2.45, 2.75) is 0 Å². The summed E-state index contributed by atoms with van der Waals surface area (Å²) in [6.45, 7) is 0. The van der Waals surface area contributed by atoms with Crippen molar-refractivity contribution in [1.82, 2.24) is 10.2 Å². The number of benzene rings is 1. The number of carbonyl (C=O) groups excluding carboxylic acids is 1. The van der Waals surface area contributed by atoms with Gasteiger partial charge in [-0.25, -0.2) is 0 Å². The second kappa shape index (κ2) is 5.67. The third-order valence-corrected chi connectivity index (χ3v) is 2.04. The standard InChI is InChI=1S/C11H15N5O2/c1-16(2)11(13)15-10(12)14-9(18)7-5-3-4-6-8(7)17/h3-6,17H,1-2H3,(H4,12,13,14,15,18). The number of amides is 1. The maximum atomic E-state index is 11.7. The molecule has 7 nitrogen and oxygen atoms in total. The van der Waals surface area contributed by atoms with Crippen molar-refractivity contribution in [3.05, 3.63) is 29.8 Å². The maximum absolute atomic E-state index is 11.7. The number of guanidine groups is 2. The largest absolute Gasteiger partial charge is 0.507 e. The lowest BCUT2D eigenvalue weighted by Gasteiger charge is -2.10. The molecule has 0 aliphatic heterocycles. The predicted octanol–water partition coefficient (Wildman–Crippen LogP) is -0.0669. The molecule has 0 fully saturated rings. The highest BCUT2D eigenvalue weighted by atomic mass is 16.3. The number of rotatable bonds is 1. The summed E-state index contributed by atoms with van der Waals surface area (Å²) in [5.74, 6) is -1.03. The average Bonchev–Trinajstić information content (AvgIpc) is 2.28. The first-order valence-electron chi connectivity index (χ1n) is 5.11. The Morgan fingerprint density at radius 1 is 1.44 bits per heavy atom. The van der Waals surface area contributed by atoms with Gasteiger partial charge in [0, 0.05) is 14.1 Å². The molecule has 1 aromatic carbocycles. The minimum Gasteiger partial charge on any atom is -0.507 e. The second-order valence-electron chi connectivity index (χ2n) is 3.69. The number of carbonyl (C=O) groups is 1. The molecule has 5 N–H and O–H groups in total. The van der Waals surface area contributed by atoms with E-state index in [-0.39, 0.29) is 23.2 Å². The Bertz CT molecular complexity index is 496. The second-order valence-corrected chi connectivity index (χ2v) is 3.69. The van der Waals surface area contributed by atoms with Crippen LogP contribution in [0.4, 0.5) is 0 Å². The summed E-state index contributed by atoms with van der Waals surface area (Å²) in [4.78, 5) is 16.8. The number of nitrogens with one attached hydrogen (secondary N) is 2. The number of nitrogens with zero attached hydrogens (tertiary/aromatic N) is 2. The summed E-state index contributed by atoms with van der Waals surface area (Å²) >= 11 is 0.